The van der Waals surface area contributed by atoms with Crippen LogP contribution in [0.15, 0.2) is 40.9 Å². The Morgan fingerprint density at radius 1 is 1.24 bits per heavy atom. The van der Waals surface area contributed by atoms with Gasteiger partial charge in [0.2, 0.25) is 0 Å². The average molecular weight is 370 g/mol. The first-order valence-corrected chi connectivity index (χ1v) is 7.34. The topological polar surface area (TPSA) is 50.4 Å². The molecule has 0 aliphatic carbocycles. The second-order valence-electron chi connectivity index (χ2n) is 4.24. The van der Waals surface area contributed by atoms with E-state index in [0.29, 0.717) is 27.7 Å². The number of nitrogens with one attached hydrogen (secondary N) is 2. The van der Waals surface area contributed by atoms with E-state index in [-0.39, 0.29) is 5.91 Å². The summed E-state index contributed by atoms with van der Waals surface area (Å²) in [5.41, 5.74) is 1.83. The summed E-state index contributed by atoms with van der Waals surface area (Å²) < 4.78 is 6.03. The summed E-state index contributed by atoms with van der Waals surface area (Å²) >= 11 is 9.32. The summed E-state index contributed by atoms with van der Waals surface area (Å²) in [6, 6.07) is 10.5. The van der Waals surface area contributed by atoms with Crippen molar-refractivity contribution in [3.05, 3.63) is 51.5 Å². The van der Waals surface area contributed by atoms with E-state index in [1.807, 2.05) is 6.07 Å². The molecule has 4 nitrogen and oxygen atoms in total. The van der Waals surface area contributed by atoms with Gasteiger partial charge >= 0.3 is 0 Å². The van der Waals surface area contributed by atoms with Crippen molar-refractivity contribution in [2.75, 3.05) is 24.8 Å². The molecule has 0 bridgehead atoms. The average Bonchev–Trinajstić information content (AvgIpc) is 2.49. The number of rotatable bonds is 4. The van der Waals surface area contributed by atoms with Crippen molar-refractivity contribution >= 4 is 44.8 Å². The van der Waals surface area contributed by atoms with E-state index in [2.05, 4.69) is 26.6 Å². The maximum Gasteiger partial charge on any atom is 0.257 e. The Bertz CT molecular complexity index is 677. The standard InChI is InChI=1S/C15H14BrClN2O2/c1-18-13-6-3-9(17)7-11(13)15(20)19-10-4-5-12(16)14(8-10)21-2/h3-8,18H,1-2H3,(H,19,20). The fraction of sp³-hybridized carbons (Fsp3) is 0.133. The number of hydrogen-bond donors (Lipinski definition) is 2. The summed E-state index contributed by atoms with van der Waals surface area (Å²) in [5, 5.41) is 6.30. The SMILES string of the molecule is CNc1ccc(Cl)cc1C(=O)Nc1ccc(Br)c(OC)c1. The highest BCUT2D eigenvalue weighted by Gasteiger charge is 2.12. The number of hydrogen-bond acceptors (Lipinski definition) is 3. The highest BCUT2D eigenvalue weighted by Crippen LogP contribution is 2.28. The minimum atomic E-state index is -0.244. The minimum absolute atomic E-state index is 0.244. The molecule has 2 rings (SSSR count). The molecule has 2 N–H and O–H groups in total. The molecule has 1 amide bonds. The van der Waals surface area contributed by atoms with E-state index in [1.54, 1.807) is 44.5 Å². The van der Waals surface area contributed by atoms with E-state index in [4.69, 9.17) is 16.3 Å². The Morgan fingerprint density at radius 3 is 2.67 bits per heavy atom. The van der Waals surface area contributed by atoms with Gasteiger partial charge in [-0.3, -0.25) is 4.79 Å². The zero-order valence-corrected chi connectivity index (χ0v) is 13.9. The molecule has 0 saturated heterocycles. The van der Waals surface area contributed by atoms with E-state index < -0.39 is 0 Å². The van der Waals surface area contributed by atoms with Gasteiger partial charge in [0.1, 0.15) is 5.75 Å². The van der Waals surface area contributed by atoms with Gasteiger partial charge < -0.3 is 15.4 Å². The summed E-state index contributed by atoms with van der Waals surface area (Å²) in [4.78, 5) is 12.4. The Labute approximate surface area is 136 Å². The minimum Gasteiger partial charge on any atom is -0.495 e. The number of benzene rings is 2. The molecule has 2 aromatic carbocycles. The van der Waals surface area contributed by atoms with Gasteiger partial charge in [-0.05, 0) is 46.3 Å². The molecule has 0 aromatic heterocycles. The lowest BCUT2D eigenvalue weighted by molar-refractivity contribution is 0.102. The van der Waals surface area contributed by atoms with Crippen LogP contribution < -0.4 is 15.4 Å². The highest BCUT2D eigenvalue weighted by atomic mass is 79.9. The normalized spacial score (nSPS) is 10.1. The van der Waals surface area contributed by atoms with Crippen LogP contribution in [0.25, 0.3) is 0 Å². The third-order valence-corrected chi connectivity index (χ3v) is 3.79. The third kappa shape index (κ3) is 3.68. The van der Waals surface area contributed by atoms with Gasteiger partial charge in [-0.1, -0.05) is 11.6 Å². The van der Waals surface area contributed by atoms with Crippen LogP contribution in [0, 0.1) is 0 Å². The fourth-order valence-corrected chi connectivity index (χ4v) is 2.44. The van der Waals surface area contributed by atoms with Crippen molar-refractivity contribution in [1.29, 1.82) is 0 Å². The second kappa shape index (κ2) is 6.83. The molecular weight excluding hydrogens is 356 g/mol. The molecule has 0 atom stereocenters. The fourth-order valence-electron chi connectivity index (χ4n) is 1.86. The molecule has 0 heterocycles. The van der Waals surface area contributed by atoms with Crippen molar-refractivity contribution in [2.24, 2.45) is 0 Å². The lowest BCUT2D eigenvalue weighted by atomic mass is 10.1. The highest BCUT2D eigenvalue weighted by molar-refractivity contribution is 9.10. The summed E-state index contributed by atoms with van der Waals surface area (Å²) in [7, 11) is 3.32. The molecule has 0 saturated carbocycles. The Morgan fingerprint density at radius 2 is 2.00 bits per heavy atom. The Balaban J connectivity index is 2.28. The summed E-state index contributed by atoms with van der Waals surface area (Å²) in [6.07, 6.45) is 0. The van der Waals surface area contributed by atoms with Crippen LogP contribution >= 0.6 is 27.5 Å². The zero-order chi connectivity index (χ0) is 15.4. The van der Waals surface area contributed by atoms with Gasteiger partial charge in [-0.25, -0.2) is 0 Å². The first-order valence-electron chi connectivity index (χ1n) is 6.17. The van der Waals surface area contributed by atoms with Gasteiger partial charge in [-0.15, -0.1) is 0 Å². The van der Waals surface area contributed by atoms with Crippen molar-refractivity contribution in [3.8, 4) is 5.75 Å². The van der Waals surface area contributed by atoms with E-state index in [9.17, 15) is 4.79 Å². The molecule has 0 aliphatic rings. The quantitative estimate of drug-likeness (QED) is 0.839. The molecule has 110 valence electrons. The molecule has 0 radical (unpaired) electrons. The van der Waals surface area contributed by atoms with Gasteiger partial charge in [0.05, 0.1) is 17.1 Å². The number of methoxy groups -OCH3 is 1. The molecule has 0 unspecified atom stereocenters. The molecular formula is C15H14BrClN2O2. The smallest absolute Gasteiger partial charge is 0.257 e. The molecule has 2 aromatic rings. The third-order valence-electron chi connectivity index (χ3n) is 2.90. The van der Waals surface area contributed by atoms with Crippen LogP contribution in [0.4, 0.5) is 11.4 Å². The first-order chi connectivity index (χ1) is 10.0. The molecule has 21 heavy (non-hydrogen) atoms. The van der Waals surface area contributed by atoms with E-state index in [0.717, 1.165) is 4.47 Å². The number of carbonyl (C=O) groups excluding carboxylic acids is 1. The monoisotopic (exact) mass is 368 g/mol. The molecule has 0 aliphatic heterocycles. The van der Waals surface area contributed by atoms with Crippen molar-refractivity contribution in [3.63, 3.8) is 0 Å². The van der Waals surface area contributed by atoms with Gasteiger partial charge in [0.25, 0.3) is 5.91 Å². The Kier molecular flexibility index (Phi) is 5.09. The van der Waals surface area contributed by atoms with Crippen LogP contribution in [-0.2, 0) is 0 Å². The largest absolute Gasteiger partial charge is 0.495 e. The number of carbonyl (C=O) groups is 1. The van der Waals surface area contributed by atoms with E-state index in [1.165, 1.54) is 0 Å². The number of halogens is 2. The number of ether oxygens (including phenoxy) is 1. The molecule has 6 heteroatoms. The van der Waals surface area contributed by atoms with Gasteiger partial charge in [0.15, 0.2) is 0 Å². The lowest BCUT2D eigenvalue weighted by Crippen LogP contribution is -2.14. The van der Waals surface area contributed by atoms with Crippen molar-refractivity contribution in [2.45, 2.75) is 0 Å². The van der Waals surface area contributed by atoms with Crippen molar-refractivity contribution in [1.82, 2.24) is 0 Å². The number of anilines is 2. The van der Waals surface area contributed by atoms with Gasteiger partial charge in [0, 0.05) is 29.5 Å². The number of amides is 1. The van der Waals surface area contributed by atoms with Crippen LogP contribution in [-0.4, -0.2) is 20.1 Å². The summed E-state index contributed by atoms with van der Waals surface area (Å²) in [6.45, 7) is 0. The summed E-state index contributed by atoms with van der Waals surface area (Å²) in [5.74, 6) is 0.402. The Hall–Kier alpha value is -1.72. The zero-order valence-electron chi connectivity index (χ0n) is 11.5. The van der Waals surface area contributed by atoms with Gasteiger partial charge in [-0.2, -0.15) is 0 Å². The predicted molar refractivity (Wildman–Crippen MR) is 89.6 cm³/mol. The molecule has 0 spiro atoms. The van der Waals surface area contributed by atoms with E-state index >= 15 is 0 Å². The molecule has 0 fully saturated rings. The maximum absolute atomic E-state index is 12.4. The first kappa shape index (κ1) is 15.7. The predicted octanol–water partition coefficient (Wildman–Crippen LogP) is 4.41. The van der Waals surface area contributed by atoms with Crippen LogP contribution in [0.2, 0.25) is 5.02 Å². The lowest BCUT2D eigenvalue weighted by Gasteiger charge is -2.11. The van der Waals surface area contributed by atoms with Crippen LogP contribution in [0.3, 0.4) is 0 Å². The second-order valence-corrected chi connectivity index (χ2v) is 5.53. The van der Waals surface area contributed by atoms with Crippen molar-refractivity contribution < 1.29 is 9.53 Å². The van der Waals surface area contributed by atoms with Crippen LogP contribution in [0.5, 0.6) is 5.75 Å². The maximum atomic E-state index is 12.4. The van der Waals surface area contributed by atoms with Crippen LogP contribution in [0.1, 0.15) is 10.4 Å².